The van der Waals surface area contributed by atoms with Crippen LogP contribution in [0.4, 0.5) is 5.69 Å². The average molecular weight is 344 g/mol. The van der Waals surface area contributed by atoms with Crippen molar-refractivity contribution in [2.24, 2.45) is 0 Å². The molecule has 2 N–H and O–H groups in total. The molecule has 5 nitrogen and oxygen atoms in total. The molecule has 2 rings (SSSR count). The first-order valence-corrected chi connectivity index (χ1v) is 8.34. The Labute approximate surface area is 130 Å². The van der Waals surface area contributed by atoms with Crippen LogP contribution in [0.2, 0.25) is 4.34 Å². The minimum Gasteiger partial charge on any atom is -0.478 e. The van der Waals surface area contributed by atoms with Crippen LogP contribution < -0.4 is 4.72 Å². The predicted molar refractivity (Wildman–Crippen MR) is 83.2 cm³/mol. The molecule has 0 aliphatic rings. The number of thiophene rings is 1. The Hall–Kier alpha value is -1.83. The summed E-state index contributed by atoms with van der Waals surface area (Å²) < 4.78 is 27.1. The van der Waals surface area contributed by atoms with E-state index in [-0.39, 0.29) is 4.21 Å². The number of hydrogen-bond acceptors (Lipinski definition) is 4. The Morgan fingerprint density at radius 1 is 1.19 bits per heavy atom. The van der Waals surface area contributed by atoms with Gasteiger partial charge in [-0.05, 0) is 35.9 Å². The minimum atomic E-state index is -3.66. The molecule has 0 saturated heterocycles. The summed E-state index contributed by atoms with van der Waals surface area (Å²) in [6.07, 6.45) is 2.42. The molecule has 0 bridgehead atoms. The second-order valence-corrected chi connectivity index (χ2v) is 7.58. The normalized spacial score (nSPS) is 11.7. The van der Waals surface area contributed by atoms with Crippen molar-refractivity contribution >= 4 is 50.7 Å². The summed E-state index contributed by atoms with van der Waals surface area (Å²) in [6, 6.07) is 9.26. The number of sulfonamides is 1. The molecule has 0 radical (unpaired) electrons. The molecule has 0 aliphatic heterocycles. The molecule has 1 aromatic carbocycles. The number of anilines is 1. The van der Waals surface area contributed by atoms with Gasteiger partial charge < -0.3 is 5.11 Å². The van der Waals surface area contributed by atoms with E-state index in [1.807, 2.05) is 0 Å². The monoisotopic (exact) mass is 343 g/mol. The molecule has 0 atom stereocenters. The van der Waals surface area contributed by atoms with Gasteiger partial charge in [0.1, 0.15) is 4.21 Å². The highest BCUT2D eigenvalue weighted by atomic mass is 35.5. The van der Waals surface area contributed by atoms with E-state index in [0.717, 1.165) is 17.4 Å². The van der Waals surface area contributed by atoms with Crippen LogP contribution in [0.1, 0.15) is 5.56 Å². The van der Waals surface area contributed by atoms with Crippen molar-refractivity contribution in [2.75, 3.05) is 4.72 Å². The van der Waals surface area contributed by atoms with Gasteiger partial charge in [-0.3, -0.25) is 4.72 Å². The van der Waals surface area contributed by atoms with E-state index in [9.17, 15) is 13.2 Å². The van der Waals surface area contributed by atoms with Crippen molar-refractivity contribution in [3.8, 4) is 0 Å². The van der Waals surface area contributed by atoms with E-state index < -0.39 is 16.0 Å². The van der Waals surface area contributed by atoms with Gasteiger partial charge in [0.25, 0.3) is 10.0 Å². The van der Waals surface area contributed by atoms with Gasteiger partial charge in [0.05, 0.1) is 4.34 Å². The Morgan fingerprint density at radius 2 is 1.86 bits per heavy atom. The Bertz CT molecular complexity index is 779. The molecular weight excluding hydrogens is 334 g/mol. The molecule has 1 heterocycles. The number of carboxylic acids is 1. The lowest BCUT2D eigenvalue weighted by Crippen LogP contribution is -2.11. The SMILES string of the molecule is O=C(O)/C=C/c1ccc(NS(=O)(=O)c2ccc(Cl)s2)cc1. The van der Waals surface area contributed by atoms with Gasteiger partial charge in [-0.25, -0.2) is 13.2 Å². The van der Waals surface area contributed by atoms with E-state index in [1.54, 1.807) is 24.3 Å². The lowest BCUT2D eigenvalue weighted by atomic mass is 10.2. The highest BCUT2D eigenvalue weighted by Gasteiger charge is 2.16. The summed E-state index contributed by atoms with van der Waals surface area (Å²) in [5, 5.41) is 8.52. The number of nitrogens with one attached hydrogen (secondary N) is 1. The van der Waals surface area contributed by atoms with Crippen LogP contribution in [0, 0.1) is 0 Å². The number of hydrogen-bond donors (Lipinski definition) is 2. The molecule has 8 heteroatoms. The third-order valence-electron chi connectivity index (χ3n) is 2.39. The van der Waals surface area contributed by atoms with E-state index >= 15 is 0 Å². The molecule has 2 aromatic rings. The first-order chi connectivity index (χ1) is 9.87. The van der Waals surface area contributed by atoms with Crippen LogP contribution in [-0.4, -0.2) is 19.5 Å². The second kappa shape index (κ2) is 6.30. The van der Waals surface area contributed by atoms with Gasteiger partial charge in [0, 0.05) is 11.8 Å². The van der Waals surface area contributed by atoms with Gasteiger partial charge in [0.2, 0.25) is 0 Å². The third-order valence-corrected chi connectivity index (χ3v) is 5.50. The lowest BCUT2D eigenvalue weighted by Gasteiger charge is -2.06. The van der Waals surface area contributed by atoms with Crippen LogP contribution in [0.5, 0.6) is 0 Å². The van der Waals surface area contributed by atoms with Crippen LogP contribution >= 0.6 is 22.9 Å². The molecule has 0 saturated carbocycles. The second-order valence-electron chi connectivity index (χ2n) is 3.96. The Kier molecular flexibility index (Phi) is 4.66. The number of carboxylic acid groups (broad SMARTS) is 1. The average Bonchev–Trinajstić information content (AvgIpc) is 2.85. The maximum Gasteiger partial charge on any atom is 0.328 e. The van der Waals surface area contributed by atoms with Crippen molar-refractivity contribution in [2.45, 2.75) is 4.21 Å². The predicted octanol–water partition coefficient (Wildman–Crippen LogP) is 3.30. The number of carbonyl (C=O) groups is 1. The zero-order chi connectivity index (χ0) is 15.5. The summed E-state index contributed by atoms with van der Waals surface area (Å²) in [7, 11) is -3.66. The molecule has 1 aromatic heterocycles. The molecule has 21 heavy (non-hydrogen) atoms. The van der Waals surface area contributed by atoms with Gasteiger partial charge in [0.15, 0.2) is 0 Å². The molecule has 0 amide bonds. The van der Waals surface area contributed by atoms with Crippen molar-refractivity contribution in [1.82, 2.24) is 0 Å². The summed E-state index contributed by atoms with van der Waals surface area (Å²) in [5.41, 5.74) is 1.03. The number of rotatable bonds is 5. The highest BCUT2D eigenvalue weighted by Crippen LogP contribution is 2.27. The van der Waals surface area contributed by atoms with Gasteiger partial charge in [-0.1, -0.05) is 23.7 Å². The molecule has 0 spiro atoms. The van der Waals surface area contributed by atoms with Crippen molar-refractivity contribution in [3.63, 3.8) is 0 Å². The van der Waals surface area contributed by atoms with Crippen LogP contribution in [0.25, 0.3) is 6.08 Å². The number of halogens is 1. The van der Waals surface area contributed by atoms with Crippen LogP contribution in [0.3, 0.4) is 0 Å². The van der Waals surface area contributed by atoms with Crippen LogP contribution in [-0.2, 0) is 14.8 Å². The van der Waals surface area contributed by atoms with E-state index in [4.69, 9.17) is 16.7 Å². The Balaban J connectivity index is 2.15. The Morgan fingerprint density at radius 3 is 2.38 bits per heavy atom. The fourth-order valence-electron chi connectivity index (χ4n) is 1.48. The molecule has 0 unspecified atom stereocenters. The first kappa shape index (κ1) is 15.6. The van der Waals surface area contributed by atoms with Crippen molar-refractivity contribution in [1.29, 1.82) is 0 Å². The smallest absolute Gasteiger partial charge is 0.328 e. The van der Waals surface area contributed by atoms with E-state index in [2.05, 4.69) is 4.72 Å². The summed E-state index contributed by atoms with van der Waals surface area (Å²) >= 11 is 6.69. The fraction of sp³-hybridized carbons (Fsp3) is 0. The van der Waals surface area contributed by atoms with Crippen molar-refractivity contribution < 1.29 is 18.3 Å². The maximum absolute atomic E-state index is 12.1. The summed E-state index contributed by atoms with van der Waals surface area (Å²) in [5.74, 6) is -1.05. The number of benzene rings is 1. The zero-order valence-corrected chi connectivity index (χ0v) is 12.9. The molecule has 0 aliphatic carbocycles. The fourth-order valence-corrected chi connectivity index (χ4v) is 4.02. The quantitative estimate of drug-likeness (QED) is 0.816. The highest BCUT2D eigenvalue weighted by molar-refractivity contribution is 7.94. The maximum atomic E-state index is 12.1. The molecule has 0 fully saturated rings. The number of aliphatic carboxylic acids is 1. The summed E-state index contributed by atoms with van der Waals surface area (Å²) in [4.78, 5) is 10.4. The first-order valence-electron chi connectivity index (χ1n) is 5.66. The van der Waals surface area contributed by atoms with E-state index in [1.165, 1.54) is 18.2 Å². The largest absolute Gasteiger partial charge is 0.478 e. The lowest BCUT2D eigenvalue weighted by molar-refractivity contribution is -0.131. The van der Waals surface area contributed by atoms with Crippen LogP contribution in [0.15, 0.2) is 46.7 Å². The van der Waals surface area contributed by atoms with Gasteiger partial charge in [-0.15, -0.1) is 11.3 Å². The van der Waals surface area contributed by atoms with Gasteiger partial charge >= 0.3 is 5.97 Å². The molecular formula is C13H10ClNO4S2. The zero-order valence-electron chi connectivity index (χ0n) is 10.5. The van der Waals surface area contributed by atoms with Gasteiger partial charge in [-0.2, -0.15) is 0 Å². The standard InChI is InChI=1S/C13H10ClNO4S2/c14-11-6-8-13(20-11)21(18,19)15-10-4-1-9(2-5-10)3-7-12(16)17/h1-8,15H,(H,16,17)/b7-3+. The summed E-state index contributed by atoms with van der Waals surface area (Å²) in [6.45, 7) is 0. The van der Waals surface area contributed by atoms with Crippen molar-refractivity contribution in [3.05, 3.63) is 52.4 Å². The topological polar surface area (TPSA) is 83.5 Å². The minimum absolute atomic E-state index is 0.127. The van der Waals surface area contributed by atoms with E-state index in [0.29, 0.717) is 15.6 Å². The third kappa shape index (κ3) is 4.32. The molecule has 110 valence electrons.